The van der Waals surface area contributed by atoms with Crippen LogP contribution in [0.15, 0.2) is 0 Å². The average molecular weight is 222 g/mol. The van der Waals surface area contributed by atoms with Crippen molar-refractivity contribution >= 4 is 5.91 Å². The van der Waals surface area contributed by atoms with Crippen LogP contribution in [0.5, 0.6) is 0 Å². The molecule has 0 radical (unpaired) electrons. The number of amides is 1. The molecule has 0 aromatic carbocycles. The molecule has 4 nitrogen and oxygen atoms in total. The highest BCUT2D eigenvalue weighted by atomic mass is 16.5. The molecule has 1 unspecified atom stereocenters. The maximum atomic E-state index is 12.2. The summed E-state index contributed by atoms with van der Waals surface area (Å²) in [7, 11) is 0. The molecule has 0 aromatic heterocycles. The van der Waals surface area contributed by atoms with E-state index in [0.717, 1.165) is 25.7 Å². The van der Waals surface area contributed by atoms with Crippen LogP contribution < -0.4 is 0 Å². The van der Waals surface area contributed by atoms with E-state index < -0.39 is 5.60 Å². The van der Waals surface area contributed by atoms with E-state index in [1.54, 1.807) is 0 Å². The number of carbonyl (C=O) groups excluding carboxylic acids is 1. The Balaban J connectivity index is 1.94. The maximum Gasteiger partial charge on any atom is 0.254 e. The fourth-order valence-corrected chi connectivity index (χ4v) is 2.49. The van der Waals surface area contributed by atoms with Gasteiger partial charge in [-0.15, -0.1) is 0 Å². The molecule has 1 atom stereocenters. The summed E-state index contributed by atoms with van der Waals surface area (Å²) in [6, 6.07) is 2.27. The van der Waals surface area contributed by atoms with Crippen LogP contribution in [0.1, 0.15) is 32.6 Å². The molecular formula is C12H18N2O2. The van der Waals surface area contributed by atoms with Crippen LogP contribution in [-0.4, -0.2) is 36.1 Å². The predicted molar refractivity (Wildman–Crippen MR) is 58.5 cm³/mol. The Labute approximate surface area is 96.2 Å². The summed E-state index contributed by atoms with van der Waals surface area (Å²) in [5.41, 5.74) is -0.598. The average Bonchev–Trinajstić information content (AvgIpc) is 2.77. The first-order valence-electron chi connectivity index (χ1n) is 5.99. The molecule has 4 heteroatoms. The summed E-state index contributed by atoms with van der Waals surface area (Å²) in [4.78, 5) is 14.1. The van der Waals surface area contributed by atoms with Gasteiger partial charge in [-0.05, 0) is 32.6 Å². The lowest BCUT2D eigenvalue weighted by Crippen LogP contribution is -2.49. The van der Waals surface area contributed by atoms with E-state index in [9.17, 15) is 4.79 Å². The lowest BCUT2D eigenvalue weighted by atomic mass is 9.95. The van der Waals surface area contributed by atoms with Gasteiger partial charge >= 0.3 is 0 Å². The molecule has 2 fully saturated rings. The molecule has 2 aliphatic heterocycles. The van der Waals surface area contributed by atoms with Crippen LogP contribution in [0.25, 0.3) is 0 Å². The summed E-state index contributed by atoms with van der Waals surface area (Å²) in [5.74, 6) is 0.239. The van der Waals surface area contributed by atoms with Gasteiger partial charge in [-0.3, -0.25) is 4.79 Å². The van der Waals surface area contributed by atoms with Crippen molar-refractivity contribution in [3.63, 3.8) is 0 Å². The van der Waals surface area contributed by atoms with Crippen molar-refractivity contribution in [2.75, 3.05) is 19.7 Å². The van der Waals surface area contributed by atoms with Crippen molar-refractivity contribution in [3.8, 4) is 6.07 Å². The van der Waals surface area contributed by atoms with Gasteiger partial charge in [0.25, 0.3) is 5.91 Å². The van der Waals surface area contributed by atoms with Crippen molar-refractivity contribution in [2.24, 2.45) is 5.92 Å². The van der Waals surface area contributed by atoms with E-state index in [1.807, 2.05) is 11.8 Å². The quantitative estimate of drug-likeness (QED) is 0.672. The van der Waals surface area contributed by atoms with Crippen molar-refractivity contribution in [2.45, 2.75) is 38.2 Å². The molecule has 2 aliphatic rings. The molecule has 0 aromatic rings. The van der Waals surface area contributed by atoms with E-state index in [4.69, 9.17) is 10.00 Å². The third-order valence-electron chi connectivity index (χ3n) is 3.64. The molecule has 1 amide bonds. The Kier molecular flexibility index (Phi) is 3.15. The van der Waals surface area contributed by atoms with E-state index >= 15 is 0 Å². The zero-order valence-corrected chi connectivity index (χ0v) is 9.74. The molecule has 0 aliphatic carbocycles. The SMILES string of the molecule is CC1(C(=O)N2CCC(C#N)CC2)CCCO1. The summed E-state index contributed by atoms with van der Waals surface area (Å²) in [5, 5.41) is 8.80. The smallest absolute Gasteiger partial charge is 0.254 e. The Bertz CT molecular complexity index is 307. The minimum atomic E-state index is -0.598. The van der Waals surface area contributed by atoms with E-state index in [2.05, 4.69) is 6.07 Å². The molecule has 0 saturated carbocycles. The van der Waals surface area contributed by atoms with Gasteiger partial charge in [0.1, 0.15) is 5.60 Å². The van der Waals surface area contributed by atoms with Gasteiger partial charge in [0.2, 0.25) is 0 Å². The Hall–Kier alpha value is -1.08. The number of rotatable bonds is 1. The molecular weight excluding hydrogens is 204 g/mol. The van der Waals surface area contributed by atoms with Crippen molar-refractivity contribution in [1.82, 2.24) is 4.90 Å². The Morgan fingerprint density at radius 3 is 2.69 bits per heavy atom. The monoisotopic (exact) mass is 222 g/mol. The highest BCUT2D eigenvalue weighted by Crippen LogP contribution is 2.29. The van der Waals surface area contributed by atoms with Crippen LogP contribution in [0, 0.1) is 17.2 Å². The molecule has 2 heterocycles. The molecule has 88 valence electrons. The minimum Gasteiger partial charge on any atom is -0.365 e. The normalized spacial score (nSPS) is 31.4. The second-order valence-electron chi connectivity index (χ2n) is 4.88. The van der Waals surface area contributed by atoms with Gasteiger partial charge in [-0.2, -0.15) is 5.26 Å². The zero-order chi connectivity index (χ0) is 11.6. The van der Waals surface area contributed by atoms with Crippen LogP contribution in [0.2, 0.25) is 0 Å². The van der Waals surface area contributed by atoms with Crippen LogP contribution in [0.4, 0.5) is 0 Å². The largest absolute Gasteiger partial charge is 0.365 e. The minimum absolute atomic E-state index is 0.112. The number of nitrogens with zero attached hydrogens (tertiary/aromatic N) is 2. The highest BCUT2D eigenvalue weighted by Gasteiger charge is 2.41. The van der Waals surface area contributed by atoms with Gasteiger partial charge in [0.15, 0.2) is 0 Å². The fraction of sp³-hybridized carbons (Fsp3) is 0.833. The van der Waals surface area contributed by atoms with Gasteiger partial charge in [-0.25, -0.2) is 0 Å². The summed E-state index contributed by atoms with van der Waals surface area (Å²) >= 11 is 0. The first-order valence-corrected chi connectivity index (χ1v) is 5.99. The van der Waals surface area contributed by atoms with Crippen molar-refractivity contribution in [3.05, 3.63) is 0 Å². The number of likely N-dealkylation sites (tertiary alicyclic amines) is 1. The van der Waals surface area contributed by atoms with E-state index in [0.29, 0.717) is 19.7 Å². The lowest BCUT2D eigenvalue weighted by molar-refractivity contribution is -0.152. The van der Waals surface area contributed by atoms with Crippen LogP contribution in [0.3, 0.4) is 0 Å². The zero-order valence-electron chi connectivity index (χ0n) is 9.74. The van der Waals surface area contributed by atoms with E-state index in [-0.39, 0.29) is 11.8 Å². The second-order valence-corrected chi connectivity index (χ2v) is 4.88. The standard InChI is InChI=1S/C12H18N2O2/c1-12(5-2-8-16-12)11(15)14-6-3-10(9-13)4-7-14/h10H,2-8H2,1H3. The predicted octanol–water partition coefficient (Wildman–Crippen LogP) is 1.32. The third-order valence-corrected chi connectivity index (χ3v) is 3.64. The number of piperidine rings is 1. The summed E-state index contributed by atoms with van der Waals surface area (Å²) in [6.07, 6.45) is 3.40. The molecule has 2 rings (SSSR count). The molecule has 0 bridgehead atoms. The van der Waals surface area contributed by atoms with Gasteiger partial charge in [0.05, 0.1) is 6.07 Å². The van der Waals surface area contributed by atoms with E-state index in [1.165, 1.54) is 0 Å². The van der Waals surface area contributed by atoms with Gasteiger partial charge in [0, 0.05) is 25.6 Å². The lowest BCUT2D eigenvalue weighted by Gasteiger charge is -2.34. The molecule has 0 spiro atoms. The number of ether oxygens (including phenoxy) is 1. The first kappa shape index (κ1) is 11.4. The molecule has 2 saturated heterocycles. The molecule has 16 heavy (non-hydrogen) atoms. The van der Waals surface area contributed by atoms with Crippen molar-refractivity contribution in [1.29, 1.82) is 5.26 Å². The van der Waals surface area contributed by atoms with Crippen LogP contribution in [-0.2, 0) is 9.53 Å². The number of hydrogen-bond acceptors (Lipinski definition) is 3. The Morgan fingerprint density at radius 2 is 2.19 bits per heavy atom. The second kappa shape index (κ2) is 4.42. The number of nitriles is 1. The maximum absolute atomic E-state index is 12.2. The highest BCUT2D eigenvalue weighted by molar-refractivity contribution is 5.85. The number of hydrogen-bond donors (Lipinski definition) is 0. The third kappa shape index (κ3) is 2.05. The fourth-order valence-electron chi connectivity index (χ4n) is 2.49. The topological polar surface area (TPSA) is 53.3 Å². The summed E-state index contributed by atoms with van der Waals surface area (Å²) < 4.78 is 5.55. The van der Waals surface area contributed by atoms with Gasteiger partial charge in [-0.1, -0.05) is 0 Å². The van der Waals surface area contributed by atoms with Gasteiger partial charge < -0.3 is 9.64 Å². The Morgan fingerprint density at radius 1 is 1.50 bits per heavy atom. The van der Waals surface area contributed by atoms with Crippen LogP contribution >= 0.6 is 0 Å². The number of carbonyl (C=O) groups is 1. The van der Waals surface area contributed by atoms with Crippen molar-refractivity contribution < 1.29 is 9.53 Å². The molecule has 0 N–H and O–H groups in total. The summed E-state index contributed by atoms with van der Waals surface area (Å²) in [6.45, 7) is 3.99. The first-order chi connectivity index (χ1) is 7.65.